The van der Waals surface area contributed by atoms with E-state index in [1.165, 1.54) is 6.26 Å². The van der Waals surface area contributed by atoms with E-state index in [2.05, 4.69) is 0 Å². The van der Waals surface area contributed by atoms with Crippen LogP contribution in [0.15, 0.2) is 0 Å². The van der Waals surface area contributed by atoms with E-state index in [9.17, 15) is 13.5 Å². The first-order valence-corrected chi connectivity index (χ1v) is 6.11. The zero-order valence-corrected chi connectivity index (χ0v) is 8.98. The van der Waals surface area contributed by atoms with Gasteiger partial charge in [-0.1, -0.05) is 13.8 Å². The summed E-state index contributed by atoms with van der Waals surface area (Å²) in [6.07, 6.45) is 1.49. The van der Waals surface area contributed by atoms with Gasteiger partial charge in [-0.05, 0) is 19.3 Å². The molecule has 0 aliphatic heterocycles. The van der Waals surface area contributed by atoms with Crippen molar-refractivity contribution in [2.24, 2.45) is 5.92 Å². The fraction of sp³-hybridized carbons (Fsp3) is 1.00. The summed E-state index contributed by atoms with van der Waals surface area (Å²) >= 11 is 0. The molecule has 0 heterocycles. The van der Waals surface area contributed by atoms with Crippen LogP contribution in [0.3, 0.4) is 0 Å². The molecule has 74 valence electrons. The Bertz CT molecular complexity index is 227. The molecule has 0 aliphatic rings. The molecule has 1 N–H and O–H groups in total. The summed E-state index contributed by atoms with van der Waals surface area (Å²) < 4.78 is 21.6. The Morgan fingerprint density at radius 2 is 1.83 bits per heavy atom. The summed E-state index contributed by atoms with van der Waals surface area (Å²) in [5.41, 5.74) is -0.872. The van der Waals surface area contributed by atoms with Crippen molar-refractivity contribution in [3.05, 3.63) is 0 Å². The summed E-state index contributed by atoms with van der Waals surface area (Å²) in [5, 5.41) is 9.69. The molecule has 0 rings (SSSR count). The molecule has 0 aromatic heterocycles. The lowest BCUT2D eigenvalue weighted by Gasteiger charge is -2.27. The van der Waals surface area contributed by atoms with Crippen molar-refractivity contribution in [2.75, 3.05) is 12.0 Å². The minimum Gasteiger partial charge on any atom is -0.390 e. The van der Waals surface area contributed by atoms with Crippen molar-refractivity contribution >= 4 is 9.84 Å². The molecule has 3 nitrogen and oxygen atoms in total. The zero-order valence-electron chi connectivity index (χ0n) is 8.16. The van der Waals surface area contributed by atoms with E-state index >= 15 is 0 Å². The average Bonchev–Trinajstić information content (AvgIpc) is 1.82. The molecule has 0 saturated heterocycles. The molecule has 0 bridgehead atoms. The van der Waals surface area contributed by atoms with Crippen molar-refractivity contribution in [2.45, 2.75) is 32.8 Å². The van der Waals surface area contributed by atoms with Crippen LogP contribution in [0.25, 0.3) is 0 Å². The van der Waals surface area contributed by atoms with E-state index in [1.54, 1.807) is 6.92 Å². The lowest BCUT2D eigenvalue weighted by Crippen LogP contribution is -2.33. The van der Waals surface area contributed by atoms with Crippen molar-refractivity contribution < 1.29 is 13.5 Å². The van der Waals surface area contributed by atoms with Crippen LogP contribution < -0.4 is 0 Å². The third-order valence-electron chi connectivity index (χ3n) is 2.22. The molecule has 0 fully saturated rings. The second-order valence-corrected chi connectivity index (χ2v) is 6.15. The molecule has 1 atom stereocenters. The number of sulfone groups is 1. The molecule has 0 radical (unpaired) electrons. The van der Waals surface area contributed by atoms with Gasteiger partial charge in [0.2, 0.25) is 0 Å². The van der Waals surface area contributed by atoms with Gasteiger partial charge in [0, 0.05) is 6.26 Å². The maximum Gasteiger partial charge on any atom is 0.147 e. The summed E-state index contributed by atoms with van der Waals surface area (Å²) in [6.45, 7) is 5.42. The van der Waals surface area contributed by atoms with Crippen LogP contribution in [-0.2, 0) is 9.84 Å². The smallest absolute Gasteiger partial charge is 0.147 e. The maximum absolute atomic E-state index is 10.8. The normalized spacial score (nSPS) is 17.8. The highest BCUT2D eigenvalue weighted by atomic mass is 32.2. The molecule has 0 aliphatic carbocycles. The second-order valence-electron chi connectivity index (χ2n) is 3.89. The van der Waals surface area contributed by atoms with Gasteiger partial charge in [-0.25, -0.2) is 8.42 Å². The van der Waals surface area contributed by atoms with Gasteiger partial charge >= 0.3 is 0 Å². The van der Waals surface area contributed by atoms with Crippen LogP contribution in [-0.4, -0.2) is 31.1 Å². The van der Waals surface area contributed by atoms with Gasteiger partial charge in [0.1, 0.15) is 9.84 Å². The van der Waals surface area contributed by atoms with E-state index in [1.807, 2.05) is 13.8 Å². The first-order chi connectivity index (χ1) is 5.15. The van der Waals surface area contributed by atoms with E-state index < -0.39 is 15.4 Å². The monoisotopic (exact) mass is 194 g/mol. The van der Waals surface area contributed by atoms with Crippen molar-refractivity contribution in [1.29, 1.82) is 0 Å². The Hall–Kier alpha value is -0.0900. The average molecular weight is 194 g/mol. The van der Waals surface area contributed by atoms with Crippen molar-refractivity contribution in [3.8, 4) is 0 Å². The van der Waals surface area contributed by atoms with Gasteiger partial charge in [0.15, 0.2) is 0 Å². The molecule has 0 aromatic carbocycles. The topological polar surface area (TPSA) is 54.4 Å². The van der Waals surface area contributed by atoms with E-state index in [0.29, 0.717) is 6.42 Å². The van der Waals surface area contributed by atoms with Gasteiger partial charge in [0.25, 0.3) is 0 Å². The van der Waals surface area contributed by atoms with Crippen LogP contribution in [0.4, 0.5) is 0 Å². The Morgan fingerprint density at radius 1 is 1.42 bits per heavy atom. The predicted molar refractivity (Wildman–Crippen MR) is 49.8 cm³/mol. The molecule has 0 amide bonds. The molecule has 12 heavy (non-hydrogen) atoms. The highest BCUT2D eigenvalue weighted by Crippen LogP contribution is 2.20. The molecular formula is C8H18O3S. The standard InChI is InChI=1S/C8H18O3S/c1-7(2)8(3,9)5-6-12(4,10)11/h7,9H,5-6H2,1-4H3. The van der Waals surface area contributed by atoms with Gasteiger partial charge in [-0.2, -0.15) is 0 Å². The van der Waals surface area contributed by atoms with Crippen molar-refractivity contribution in [1.82, 2.24) is 0 Å². The lowest BCUT2D eigenvalue weighted by atomic mass is 9.90. The van der Waals surface area contributed by atoms with Crippen LogP contribution in [0.1, 0.15) is 27.2 Å². The number of hydrogen-bond acceptors (Lipinski definition) is 3. The number of rotatable bonds is 4. The summed E-state index contributed by atoms with van der Waals surface area (Å²) in [5.74, 6) is 0.136. The van der Waals surface area contributed by atoms with E-state index in [-0.39, 0.29) is 11.7 Å². The van der Waals surface area contributed by atoms with Crippen LogP contribution in [0, 0.1) is 5.92 Å². The number of aliphatic hydroxyl groups is 1. The third-order valence-corrected chi connectivity index (χ3v) is 3.17. The number of hydrogen-bond donors (Lipinski definition) is 1. The quantitative estimate of drug-likeness (QED) is 0.721. The second kappa shape index (κ2) is 3.75. The van der Waals surface area contributed by atoms with Crippen LogP contribution >= 0.6 is 0 Å². The van der Waals surface area contributed by atoms with Gasteiger partial charge in [-0.3, -0.25) is 0 Å². The predicted octanol–water partition coefficient (Wildman–Crippen LogP) is 0.828. The highest BCUT2D eigenvalue weighted by Gasteiger charge is 2.25. The first kappa shape index (κ1) is 11.9. The maximum atomic E-state index is 10.8. The summed E-state index contributed by atoms with van der Waals surface area (Å²) in [4.78, 5) is 0. The fourth-order valence-electron chi connectivity index (χ4n) is 0.681. The largest absolute Gasteiger partial charge is 0.390 e. The molecule has 0 spiro atoms. The molecular weight excluding hydrogens is 176 g/mol. The first-order valence-electron chi connectivity index (χ1n) is 4.05. The zero-order chi connectivity index (χ0) is 9.99. The fourth-order valence-corrected chi connectivity index (χ4v) is 1.46. The Balaban J connectivity index is 4.10. The SMILES string of the molecule is CC(C)C(C)(O)CCS(C)(=O)=O. The summed E-state index contributed by atoms with van der Waals surface area (Å²) in [7, 11) is -2.95. The minimum atomic E-state index is -2.95. The van der Waals surface area contributed by atoms with E-state index in [0.717, 1.165) is 0 Å². The highest BCUT2D eigenvalue weighted by molar-refractivity contribution is 7.90. The minimum absolute atomic E-state index is 0.0537. The van der Waals surface area contributed by atoms with Crippen molar-refractivity contribution in [3.63, 3.8) is 0 Å². The molecule has 4 heteroatoms. The molecule has 1 unspecified atom stereocenters. The van der Waals surface area contributed by atoms with Crippen LogP contribution in [0.2, 0.25) is 0 Å². The lowest BCUT2D eigenvalue weighted by molar-refractivity contribution is 0.0107. The third kappa shape index (κ3) is 4.72. The molecule has 0 aromatic rings. The van der Waals surface area contributed by atoms with Crippen LogP contribution in [0.5, 0.6) is 0 Å². The molecule has 0 saturated carbocycles. The van der Waals surface area contributed by atoms with E-state index in [4.69, 9.17) is 0 Å². The summed E-state index contributed by atoms with van der Waals surface area (Å²) in [6, 6.07) is 0. The Morgan fingerprint density at radius 3 is 2.08 bits per heavy atom. The van der Waals surface area contributed by atoms with Gasteiger partial charge in [-0.15, -0.1) is 0 Å². The Kier molecular flexibility index (Phi) is 3.72. The Labute approximate surface area is 74.7 Å². The van der Waals surface area contributed by atoms with Gasteiger partial charge in [0.05, 0.1) is 11.4 Å². The van der Waals surface area contributed by atoms with Gasteiger partial charge < -0.3 is 5.11 Å².